The molecule has 2 fully saturated rings. The fourth-order valence-electron chi connectivity index (χ4n) is 5.50. The molecule has 1 aromatic heterocycles. The Hall–Kier alpha value is -1.47. The number of nitrogens with zero attached hydrogens (tertiary/aromatic N) is 2. The number of nitrogens with one attached hydrogen (secondary N) is 1. The molecule has 0 bridgehead atoms. The summed E-state index contributed by atoms with van der Waals surface area (Å²) in [4.78, 5) is 0. The highest BCUT2D eigenvalue weighted by Gasteiger charge is 2.33. The highest BCUT2D eigenvalue weighted by atomic mass is 28.3. The van der Waals surface area contributed by atoms with E-state index in [1.165, 1.54) is 36.6 Å². The summed E-state index contributed by atoms with van der Waals surface area (Å²) in [6.07, 6.45) is 8.27. The third-order valence-electron chi connectivity index (χ3n) is 7.67. The Morgan fingerprint density at radius 2 is 1.82 bits per heavy atom. The van der Waals surface area contributed by atoms with E-state index < -0.39 is 8.07 Å². The lowest BCUT2D eigenvalue weighted by Crippen LogP contribution is -2.47. The molecule has 1 saturated carbocycles. The van der Waals surface area contributed by atoms with E-state index in [-0.39, 0.29) is 0 Å². The maximum Gasteiger partial charge on any atom is 0.139 e. The summed E-state index contributed by atoms with van der Waals surface area (Å²) in [6.45, 7) is 12.7. The summed E-state index contributed by atoms with van der Waals surface area (Å²) in [6, 6.07) is 14.7. The van der Waals surface area contributed by atoms with Crippen molar-refractivity contribution in [1.82, 2.24) is 15.1 Å². The molecule has 34 heavy (non-hydrogen) atoms. The molecule has 1 aliphatic carbocycles. The first-order valence-corrected chi connectivity index (χ1v) is 17.1. The number of piperidine rings is 1. The third kappa shape index (κ3) is 7.26. The molecule has 0 unspecified atom stereocenters. The van der Waals surface area contributed by atoms with Crippen molar-refractivity contribution in [3.8, 4) is 0 Å². The quantitative estimate of drug-likeness (QED) is 0.332. The molecule has 2 aromatic rings. The molecule has 0 amide bonds. The van der Waals surface area contributed by atoms with Crippen molar-refractivity contribution in [2.75, 3.05) is 19.8 Å². The molecule has 1 aromatic carbocycles. The molecule has 1 aliphatic heterocycles. The molecule has 1 N–H and O–H groups in total. The molecule has 3 atom stereocenters. The van der Waals surface area contributed by atoms with Gasteiger partial charge in [0.25, 0.3) is 0 Å². The summed E-state index contributed by atoms with van der Waals surface area (Å²) in [5.74, 6) is 1.75. The first-order valence-electron chi connectivity index (χ1n) is 13.4. The summed E-state index contributed by atoms with van der Waals surface area (Å²) in [7, 11) is -1.08. The van der Waals surface area contributed by atoms with Crippen molar-refractivity contribution in [2.24, 2.45) is 5.92 Å². The van der Waals surface area contributed by atoms with Crippen molar-refractivity contribution < 1.29 is 9.47 Å². The van der Waals surface area contributed by atoms with Gasteiger partial charge < -0.3 is 14.8 Å². The minimum Gasteiger partial charge on any atom is -0.377 e. The predicted octanol–water partition coefficient (Wildman–Crippen LogP) is 6.02. The van der Waals surface area contributed by atoms with Crippen LogP contribution in [0.1, 0.15) is 62.1 Å². The van der Waals surface area contributed by atoms with Crippen LogP contribution < -0.4 is 5.32 Å². The predicted molar refractivity (Wildman–Crippen MR) is 142 cm³/mol. The summed E-state index contributed by atoms with van der Waals surface area (Å²) >= 11 is 0. The van der Waals surface area contributed by atoms with Crippen LogP contribution in [0.3, 0.4) is 0 Å². The van der Waals surface area contributed by atoms with Crippen LogP contribution in [0.5, 0.6) is 0 Å². The Kier molecular flexibility index (Phi) is 9.02. The van der Waals surface area contributed by atoms with Crippen LogP contribution in [0, 0.1) is 5.92 Å². The number of ether oxygens (including phenoxy) is 2. The van der Waals surface area contributed by atoms with E-state index >= 15 is 0 Å². The Bertz CT molecular complexity index is 858. The number of benzene rings is 1. The minimum atomic E-state index is -1.08. The third-order valence-corrected chi connectivity index (χ3v) is 9.37. The normalized spacial score (nSPS) is 28.2. The van der Waals surface area contributed by atoms with Crippen LogP contribution in [-0.4, -0.2) is 49.8 Å². The number of hydrogen-bond donors (Lipinski definition) is 1. The molecule has 4 rings (SSSR count). The maximum atomic E-state index is 6.53. The molecule has 188 valence electrons. The van der Waals surface area contributed by atoms with E-state index in [2.05, 4.69) is 78.1 Å². The standard InChI is InChI=1S/C28H45N3O2Si/c1-22-18-26(28-14-15-30-31(28)21-32-16-17-34(2,3)4)27(29-19-22)20-33-25-12-10-24(11-13-25)23-8-6-5-7-9-23/h5-9,14-15,22,24-27,29H,10-13,16-21H2,1-4H3/t22-,24-,25+,26-,27-/m0/s1. The van der Waals surface area contributed by atoms with Crippen LogP contribution >= 0.6 is 0 Å². The summed E-state index contributed by atoms with van der Waals surface area (Å²) < 4.78 is 14.6. The zero-order valence-corrected chi connectivity index (χ0v) is 22.7. The Morgan fingerprint density at radius 3 is 2.56 bits per heavy atom. The minimum absolute atomic E-state index is 0.334. The van der Waals surface area contributed by atoms with E-state index in [1.54, 1.807) is 0 Å². The van der Waals surface area contributed by atoms with Gasteiger partial charge in [-0.25, -0.2) is 4.68 Å². The van der Waals surface area contributed by atoms with Crippen LogP contribution in [0.2, 0.25) is 25.7 Å². The molecule has 2 aliphatic rings. The van der Waals surface area contributed by atoms with Crippen molar-refractivity contribution in [3.63, 3.8) is 0 Å². The molecule has 6 heteroatoms. The van der Waals surface area contributed by atoms with Gasteiger partial charge in [-0.3, -0.25) is 0 Å². The number of rotatable bonds is 10. The topological polar surface area (TPSA) is 48.3 Å². The smallest absolute Gasteiger partial charge is 0.139 e. The average Bonchev–Trinajstić information content (AvgIpc) is 3.30. The molecule has 5 nitrogen and oxygen atoms in total. The van der Waals surface area contributed by atoms with Crippen LogP contribution in [0.25, 0.3) is 0 Å². The second kappa shape index (κ2) is 12.0. The van der Waals surface area contributed by atoms with Gasteiger partial charge in [-0.15, -0.1) is 0 Å². The van der Waals surface area contributed by atoms with E-state index in [4.69, 9.17) is 9.47 Å². The van der Waals surface area contributed by atoms with Gasteiger partial charge in [-0.1, -0.05) is 56.9 Å². The summed E-state index contributed by atoms with van der Waals surface area (Å²) in [5, 5.41) is 8.40. The first kappa shape index (κ1) is 25.6. The lowest BCUT2D eigenvalue weighted by molar-refractivity contribution is 0.00203. The second-order valence-electron chi connectivity index (χ2n) is 11.8. The van der Waals surface area contributed by atoms with E-state index in [0.29, 0.717) is 36.6 Å². The zero-order chi connectivity index (χ0) is 24.0. The van der Waals surface area contributed by atoms with Crippen LogP contribution in [0.15, 0.2) is 42.6 Å². The molecule has 1 saturated heterocycles. The second-order valence-corrected chi connectivity index (χ2v) is 17.4. The lowest BCUT2D eigenvalue weighted by atomic mass is 9.82. The Morgan fingerprint density at radius 1 is 1.06 bits per heavy atom. The summed E-state index contributed by atoms with van der Waals surface area (Å²) in [5.41, 5.74) is 2.78. The fourth-order valence-corrected chi connectivity index (χ4v) is 6.26. The van der Waals surface area contributed by atoms with Gasteiger partial charge in [-0.05, 0) is 68.2 Å². The number of aromatic nitrogens is 2. The van der Waals surface area contributed by atoms with Gasteiger partial charge in [0.05, 0.1) is 12.7 Å². The monoisotopic (exact) mass is 483 g/mol. The fraction of sp³-hybridized carbons (Fsp3) is 0.679. The lowest BCUT2D eigenvalue weighted by Gasteiger charge is -2.37. The molecular formula is C28H45N3O2Si. The van der Waals surface area contributed by atoms with Gasteiger partial charge in [0, 0.05) is 38.5 Å². The highest BCUT2D eigenvalue weighted by molar-refractivity contribution is 6.76. The highest BCUT2D eigenvalue weighted by Crippen LogP contribution is 2.35. The van der Waals surface area contributed by atoms with Gasteiger partial charge in [0.1, 0.15) is 6.73 Å². The Labute approximate surface area is 207 Å². The van der Waals surface area contributed by atoms with Crippen molar-refractivity contribution in [1.29, 1.82) is 0 Å². The van der Waals surface area contributed by atoms with Crippen molar-refractivity contribution in [2.45, 2.75) is 95.4 Å². The van der Waals surface area contributed by atoms with Crippen molar-refractivity contribution in [3.05, 3.63) is 53.9 Å². The van der Waals surface area contributed by atoms with Crippen molar-refractivity contribution >= 4 is 8.07 Å². The Balaban J connectivity index is 1.30. The first-order chi connectivity index (χ1) is 16.4. The molecular weight excluding hydrogens is 438 g/mol. The average molecular weight is 484 g/mol. The number of hydrogen-bond acceptors (Lipinski definition) is 4. The van der Waals surface area contributed by atoms with E-state index in [1.807, 2.05) is 6.20 Å². The molecule has 0 radical (unpaired) electrons. The van der Waals surface area contributed by atoms with E-state index in [9.17, 15) is 0 Å². The van der Waals surface area contributed by atoms with Gasteiger partial charge in [-0.2, -0.15) is 5.10 Å². The van der Waals surface area contributed by atoms with Crippen LogP contribution in [-0.2, 0) is 16.2 Å². The van der Waals surface area contributed by atoms with E-state index in [0.717, 1.165) is 32.6 Å². The maximum absolute atomic E-state index is 6.53. The van der Waals surface area contributed by atoms with Gasteiger partial charge in [0.15, 0.2) is 0 Å². The van der Waals surface area contributed by atoms with Crippen LogP contribution in [0.4, 0.5) is 0 Å². The molecule has 2 heterocycles. The molecule has 0 spiro atoms. The zero-order valence-electron chi connectivity index (χ0n) is 21.7. The van der Waals surface area contributed by atoms with Gasteiger partial charge in [0.2, 0.25) is 0 Å². The van der Waals surface area contributed by atoms with Gasteiger partial charge >= 0.3 is 0 Å². The SMILES string of the molecule is C[C@@H]1CN[C@@H](CO[C@H]2CC[C@@H](c3ccccc3)CC2)[C@@H](c2ccnn2COCC[Si](C)(C)C)C1. The largest absolute Gasteiger partial charge is 0.377 e.